The van der Waals surface area contributed by atoms with Crippen molar-refractivity contribution >= 4 is 34.4 Å². The molecule has 0 aliphatic carbocycles. The van der Waals surface area contributed by atoms with Crippen molar-refractivity contribution in [2.24, 2.45) is 28.6 Å². The summed E-state index contributed by atoms with van der Waals surface area (Å²) in [6.07, 6.45) is 12.4. The summed E-state index contributed by atoms with van der Waals surface area (Å²) in [5.41, 5.74) is 1.93. The summed E-state index contributed by atoms with van der Waals surface area (Å²) in [6.45, 7) is 32.4. The van der Waals surface area contributed by atoms with Gasteiger partial charge in [-0.25, -0.2) is 9.99 Å². The van der Waals surface area contributed by atoms with E-state index in [2.05, 4.69) is 93.2 Å². The van der Waals surface area contributed by atoms with Crippen LogP contribution in [0.15, 0.2) is 16.7 Å². The predicted octanol–water partition coefficient (Wildman–Crippen LogP) is 11.2. The highest BCUT2D eigenvalue weighted by molar-refractivity contribution is 7.16. The van der Waals surface area contributed by atoms with Crippen molar-refractivity contribution in [2.75, 3.05) is 31.6 Å². The van der Waals surface area contributed by atoms with E-state index in [0.29, 0.717) is 18.3 Å². The van der Waals surface area contributed by atoms with E-state index in [4.69, 9.17) is 4.98 Å². The molecule has 1 aliphatic rings. The van der Waals surface area contributed by atoms with Gasteiger partial charge in [0.2, 0.25) is 5.91 Å². The Bertz CT molecular complexity index is 1390. The Hall–Kier alpha value is -2.66. The molecule has 0 radical (unpaired) electrons. The molecule has 7 nitrogen and oxygen atoms in total. The number of rotatable bonds is 17. The van der Waals surface area contributed by atoms with Crippen molar-refractivity contribution in [3.8, 4) is 6.07 Å². The molecule has 1 aliphatic heterocycles. The molecule has 3 atom stereocenters. The Kier molecular flexibility index (Phi) is 16.5. The van der Waals surface area contributed by atoms with Gasteiger partial charge in [-0.2, -0.15) is 5.26 Å². The number of unbranched alkanes of at least 4 members (excludes halogenated alkanes) is 2. The van der Waals surface area contributed by atoms with Gasteiger partial charge in [0.1, 0.15) is 11.6 Å². The zero-order chi connectivity index (χ0) is 38.9. The third kappa shape index (κ3) is 12.2. The molecule has 0 saturated carbocycles. The van der Waals surface area contributed by atoms with Crippen molar-refractivity contribution in [1.29, 1.82) is 5.26 Å². The van der Waals surface area contributed by atoms with Gasteiger partial charge in [-0.3, -0.25) is 14.6 Å². The monoisotopic (exact) mass is 724 g/mol. The van der Waals surface area contributed by atoms with Crippen molar-refractivity contribution in [2.45, 2.75) is 160 Å². The van der Waals surface area contributed by atoms with Crippen molar-refractivity contribution in [1.82, 2.24) is 15.0 Å². The number of nitriles is 1. The maximum Gasteiger partial charge on any atom is 0.283 e. The molecule has 288 valence electrons. The van der Waals surface area contributed by atoms with Gasteiger partial charge in [-0.15, -0.1) is 0 Å². The molecule has 2 rings (SSSR count). The van der Waals surface area contributed by atoms with Gasteiger partial charge in [0.15, 0.2) is 5.13 Å². The van der Waals surface area contributed by atoms with Gasteiger partial charge in [0, 0.05) is 31.0 Å². The lowest BCUT2D eigenvalue weighted by atomic mass is 9.76. The molecule has 1 aromatic heterocycles. The van der Waals surface area contributed by atoms with Gasteiger partial charge in [0.25, 0.3) is 5.91 Å². The second-order valence-corrected chi connectivity index (χ2v) is 19.3. The summed E-state index contributed by atoms with van der Waals surface area (Å²) < 4.78 is 0. The van der Waals surface area contributed by atoms with Crippen LogP contribution in [-0.4, -0.2) is 53.5 Å². The lowest BCUT2D eigenvalue weighted by molar-refractivity contribution is -0.163. The number of nitrogens with zero attached hydrogens (tertiary/aromatic N) is 5. The van der Waals surface area contributed by atoms with E-state index >= 15 is 0 Å². The number of hydrazine groups is 1. The highest BCUT2D eigenvalue weighted by Gasteiger charge is 2.39. The molecule has 0 fully saturated rings. The summed E-state index contributed by atoms with van der Waals surface area (Å²) in [6, 6.07) is 2.29. The molecular formula is C43H73N5O2S. The molecule has 1 aromatic rings. The fraction of sp³-hybridized carbons (Fsp3) is 0.767. The van der Waals surface area contributed by atoms with Crippen LogP contribution in [0.1, 0.15) is 165 Å². The SMILES string of the molecule is CCCCC(CC)CN(CC(CC)CCCC)c1nc(C(C)(C)C)c(/C=C2\CN(N(C)C(=O)C(C)(C)C)C(=O)C(C#N)=C2CC(C)C(C)(C)C)s1. The smallest absolute Gasteiger partial charge is 0.283 e. The molecule has 2 heterocycles. The molecule has 0 spiro atoms. The first-order valence-electron chi connectivity index (χ1n) is 19.8. The van der Waals surface area contributed by atoms with Crippen LogP contribution in [0, 0.1) is 39.9 Å². The third-order valence-electron chi connectivity index (χ3n) is 10.8. The van der Waals surface area contributed by atoms with Crippen LogP contribution in [0.5, 0.6) is 0 Å². The van der Waals surface area contributed by atoms with Crippen LogP contribution in [0.4, 0.5) is 5.13 Å². The fourth-order valence-electron chi connectivity index (χ4n) is 6.62. The van der Waals surface area contributed by atoms with E-state index in [1.165, 1.54) is 48.5 Å². The lowest BCUT2D eigenvalue weighted by Gasteiger charge is -2.40. The van der Waals surface area contributed by atoms with Gasteiger partial charge < -0.3 is 4.90 Å². The number of hydrogen-bond acceptors (Lipinski definition) is 6. The fourth-order valence-corrected chi connectivity index (χ4v) is 7.88. The van der Waals surface area contributed by atoms with E-state index in [-0.39, 0.29) is 34.8 Å². The average Bonchev–Trinajstić information content (AvgIpc) is 3.48. The van der Waals surface area contributed by atoms with Crippen LogP contribution in [0.2, 0.25) is 0 Å². The third-order valence-corrected chi connectivity index (χ3v) is 11.9. The Morgan fingerprint density at radius 3 is 1.90 bits per heavy atom. The second-order valence-electron chi connectivity index (χ2n) is 18.2. The summed E-state index contributed by atoms with van der Waals surface area (Å²) in [5.74, 6) is 0.849. The quantitative estimate of drug-likeness (QED) is 0.160. The standard InChI is InChI=1S/C43H73N5O2S/c1-16-20-22-31(18-3)27-47(28-32(19-4)23-21-17-2)40-45-37(42(9,10)11)36(51-40)25-33-29-48(46(15)39(50)43(12,13)14)38(49)35(26-44)34(33)24-30(5)41(6,7)8/h25,30-32H,16-24,27-29H2,1-15H3/b33-25+. The highest BCUT2D eigenvalue weighted by atomic mass is 32.1. The zero-order valence-corrected chi connectivity index (χ0v) is 36.1. The van der Waals surface area contributed by atoms with Gasteiger partial charge in [-0.05, 0) is 59.7 Å². The number of hydrogen-bond donors (Lipinski definition) is 0. The Balaban J connectivity index is 2.87. The number of anilines is 1. The first kappa shape index (κ1) is 44.5. The molecule has 51 heavy (non-hydrogen) atoms. The summed E-state index contributed by atoms with van der Waals surface area (Å²) in [5, 5.41) is 14.5. The molecule has 0 saturated heterocycles. The largest absolute Gasteiger partial charge is 0.348 e. The highest BCUT2D eigenvalue weighted by Crippen LogP contribution is 2.41. The summed E-state index contributed by atoms with van der Waals surface area (Å²) in [4.78, 5) is 36.6. The minimum absolute atomic E-state index is 0.0201. The number of thiazole rings is 1. The number of carbonyl (C=O) groups is 2. The first-order valence-corrected chi connectivity index (χ1v) is 20.7. The van der Waals surface area contributed by atoms with Crippen LogP contribution in [-0.2, 0) is 15.0 Å². The maximum atomic E-state index is 14.0. The van der Waals surface area contributed by atoms with Crippen LogP contribution in [0.3, 0.4) is 0 Å². The van der Waals surface area contributed by atoms with E-state index in [1.807, 2.05) is 20.8 Å². The van der Waals surface area contributed by atoms with Gasteiger partial charge in [-0.1, -0.05) is 147 Å². The molecule has 2 amide bonds. The molecule has 3 unspecified atom stereocenters. The van der Waals surface area contributed by atoms with Crippen molar-refractivity contribution in [3.05, 3.63) is 27.3 Å². The Morgan fingerprint density at radius 2 is 1.49 bits per heavy atom. The Morgan fingerprint density at radius 1 is 0.961 bits per heavy atom. The normalized spacial score (nSPS) is 17.1. The van der Waals surface area contributed by atoms with Crippen LogP contribution in [0.25, 0.3) is 6.08 Å². The number of carbonyl (C=O) groups excluding carboxylic acids is 2. The van der Waals surface area contributed by atoms with Gasteiger partial charge >= 0.3 is 0 Å². The van der Waals surface area contributed by atoms with Crippen LogP contribution >= 0.6 is 11.3 Å². The molecule has 0 bridgehead atoms. The molecule has 0 N–H and O–H groups in total. The molecule has 8 heteroatoms. The molecular weight excluding hydrogens is 651 g/mol. The zero-order valence-electron chi connectivity index (χ0n) is 35.3. The van der Waals surface area contributed by atoms with E-state index in [1.54, 1.807) is 18.4 Å². The van der Waals surface area contributed by atoms with Gasteiger partial charge in [0.05, 0.1) is 17.1 Å². The topological polar surface area (TPSA) is 80.5 Å². The summed E-state index contributed by atoms with van der Waals surface area (Å²) >= 11 is 1.75. The minimum atomic E-state index is -0.688. The predicted molar refractivity (Wildman–Crippen MR) is 217 cm³/mol. The van der Waals surface area contributed by atoms with Crippen LogP contribution < -0.4 is 4.90 Å². The summed E-state index contributed by atoms with van der Waals surface area (Å²) in [7, 11) is 1.65. The second kappa shape index (κ2) is 18.9. The molecule has 0 aromatic carbocycles. The van der Waals surface area contributed by atoms with E-state index in [0.717, 1.165) is 52.8 Å². The first-order chi connectivity index (χ1) is 23.6. The number of amides is 2. The minimum Gasteiger partial charge on any atom is -0.348 e. The Labute approximate surface area is 316 Å². The maximum absolute atomic E-state index is 14.0. The van der Waals surface area contributed by atoms with E-state index < -0.39 is 11.3 Å². The average molecular weight is 724 g/mol. The lowest BCUT2D eigenvalue weighted by Crippen LogP contribution is -2.53. The van der Waals surface area contributed by atoms with Crippen molar-refractivity contribution in [3.63, 3.8) is 0 Å². The number of aromatic nitrogens is 1. The van der Waals surface area contributed by atoms with E-state index in [9.17, 15) is 14.9 Å². The van der Waals surface area contributed by atoms with Crippen molar-refractivity contribution < 1.29 is 9.59 Å².